The number of pyridine rings is 1. The van der Waals surface area contributed by atoms with Gasteiger partial charge in [-0.05, 0) is 43.3 Å². The SMILES string of the molecule is COc1ccc(S(=O)(=O)c2cnc3ccc(C)cc3c2Cl)cc1. The lowest BCUT2D eigenvalue weighted by Crippen LogP contribution is -2.04. The first kappa shape index (κ1) is 15.8. The zero-order valence-electron chi connectivity index (χ0n) is 12.6. The van der Waals surface area contributed by atoms with Crippen LogP contribution in [0.4, 0.5) is 0 Å². The maximum atomic E-state index is 12.8. The van der Waals surface area contributed by atoms with Crippen molar-refractivity contribution in [2.75, 3.05) is 7.11 Å². The number of rotatable bonds is 3. The molecule has 0 aliphatic heterocycles. The van der Waals surface area contributed by atoms with E-state index in [1.807, 2.05) is 25.1 Å². The summed E-state index contributed by atoms with van der Waals surface area (Å²) in [5.41, 5.74) is 1.65. The fourth-order valence-corrected chi connectivity index (χ4v) is 4.12. The van der Waals surface area contributed by atoms with Crippen molar-refractivity contribution in [3.63, 3.8) is 0 Å². The molecule has 0 spiro atoms. The van der Waals surface area contributed by atoms with E-state index in [4.69, 9.17) is 16.3 Å². The topological polar surface area (TPSA) is 56.3 Å². The molecule has 0 bridgehead atoms. The minimum absolute atomic E-state index is 0.00225. The van der Waals surface area contributed by atoms with Crippen LogP contribution in [0.25, 0.3) is 10.9 Å². The summed E-state index contributed by atoms with van der Waals surface area (Å²) in [5, 5.41) is 0.816. The number of hydrogen-bond acceptors (Lipinski definition) is 4. The van der Waals surface area contributed by atoms with Crippen LogP contribution < -0.4 is 4.74 Å². The number of halogens is 1. The standard InChI is InChI=1S/C17H14ClNO3S/c1-11-3-8-15-14(9-11)17(18)16(10-19-15)23(20,21)13-6-4-12(22-2)5-7-13/h3-10H,1-2H3. The third kappa shape index (κ3) is 2.78. The summed E-state index contributed by atoms with van der Waals surface area (Å²) in [6.45, 7) is 1.92. The summed E-state index contributed by atoms with van der Waals surface area (Å²) in [6, 6.07) is 11.7. The number of aromatic nitrogens is 1. The quantitative estimate of drug-likeness (QED) is 0.717. The van der Waals surface area contributed by atoms with Crippen LogP contribution in [0.1, 0.15) is 5.56 Å². The maximum absolute atomic E-state index is 12.8. The highest BCUT2D eigenvalue weighted by Crippen LogP contribution is 2.33. The third-order valence-electron chi connectivity index (χ3n) is 3.58. The Hall–Kier alpha value is -2.11. The van der Waals surface area contributed by atoms with Crippen molar-refractivity contribution < 1.29 is 13.2 Å². The van der Waals surface area contributed by atoms with Gasteiger partial charge in [0.1, 0.15) is 10.6 Å². The molecule has 0 aliphatic rings. The van der Waals surface area contributed by atoms with Gasteiger partial charge in [0.25, 0.3) is 0 Å². The zero-order valence-corrected chi connectivity index (χ0v) is 14.1. The van der Waals surface area contributed by atoms with Crippen LogP contribution in [0, 0.1) is 6.92 Å². The van der Waals surface area contributed by atoms with Gasteiger partial charge in [-0.1, -0.05) is 23.2 Å². The van der Waals surface area contributed by atoms with Crippen LogP contribution in [-0.4, -0.2) is 20.5 Å². The van der Waals surface area contributed by atoms with Crippen LogP contribution >= 0.6 is 11.6 Å². The van der Waals surface area contributed by atoms with E-state index >= 15 is 0 Å². The molecule has 3 aromatic rings. The molecule has 0 N–H and O–H groups in total. The van der Waals surface area contributed by atoms with Crippen molar-refractivity contribution in [2.45, 2.75) is 16.7 Å². The minimum atomic E-state index is -3.75. The van der Waals surface area contributed by atoms with Crippen molar-refractivity contribution in [3.8, 4) is 5.75 Å². The van der Waals surface area contributed by atoms with Gasteiger partial charge in [-0.3, -0.25) is 4.98 Å². The number of ether oxygens (including phenoxy) is 1. The lowest BCUT2D eigenvalue weighted by atomic mass is 10.1. The average Bonchev–Trinajstić information content (AvgIpc) is 2.55. The Kier molecular flexibility index (Phi) is 4.00. The lowest BCUT2D eigenvalue weighted by Gasteiger charge is -2.09. The molecule has 0 saturated carbocycles. The van der Waals surface area contributed by atoms with Crippen LogP contribution in [0.15, 0.2) is 58.5 Å². The van der Waals surface area contributed by atoms with E-state index in [9.17, 15) is 8.42 Å². The first-order chi connectivity index (χ1) is 10.9. The van der Waals surface area contributed by atoms with Gasteiger partial charge in [-0.2, -0.15) is 0 Å². The highest BCUT2D eigenvalue weighted by Gasteiger charge is 2.23. The minimum Gasteiger partial charge on any atom is -0.497 e. The van der Waals surface area contributed by atoms with Crippen molar-refractivity contribution in [1.82, 2.24) is 4.98 Å². The first-order valence-corrected chi connectivity index (χ1v) is 8.73. The van der Waals surface area contributed by atoms with Gasteiger partial charge < -0.3 is 4.74 Å². The van der Waals surface area contributed by atoms with Gasteiger partial charge in [-0.25, -0.2) is 8.42 Å². The molecule has 118 valence electrons. The number of hydrogen-bond donors (Lipinski definition) is 0. The number of nitrogens with zero attached hydrogens (tertiary/aromatic N) is 1. The predicted molar refractivity (Wildman–Crippen MR) is 89.9 cm³/mol. The molecule has 4 nitrogen and oxygen atoms in total. The lowest BCUT2D eigenvalue weighted by molar-refractivity contribution is 0.414. The number of aryl methyl sites for hydroxylation is 1. The van der Waals surface area contributed by atoms with E-state index in [2.05, 4.69) is 4.98 Å². The first-order valence-electron chi connectivity index (χ1n) is 6.87. The van der Waals surface area contributed by atoms with Crippen molar-refractivity contribution in [2.24, 2.45) is 0 Å². The molecule has 0 amide bonds. The molecule has 3 rings (SSSR count). The molecule has 0 radical (unpaired) electrons. The Morgan fingerprint density at radius 3 is 2.43 bits per heavy atom. The van der Waals surface area contributed by atoms with Crippen LogP contribution in [0.3, 0.4) is 0 Å². The van der Waals surface area contributed by atoms with Gasteiger partial charge in [0.15, 0.2) is 0 Å². The van der Waals surface area contributed by atoms with E-state index in [1.54, 1.807) is 12.1 Å². The number of sulfone groups is 1. The Morgan fingerprint density at radius 2 is 1.78 bits per heavy atom. The Labute approximate surface area is 139 Å². The second-order valence-electron chi connectivity index (χ2n) is 5.14. The number of fused-ring (bicyclic) bond motifs is 1. The van der Waals surface area contributed by atoms with Gasteiger partial charge in [-0.15, -0.1) is 0 Å². The van der Waals surface area contributed by atoms with E-state index in [0.717, 1.165) is 5.56 Å². The van der Waals surface area contributed by atoms with Crippen molar-refractivity contribution in [3.05, 3.63) is 59.2 Å². The van der Waals surface area contributed by atoms with E-state index in [0.29, 0.717) is 16.7 Å². The average molecular weight is 348 g/mol. The molecule has 1 aromatic heterocycles. The smallest absolute Gasteiger partial charge is 0.209 e. The Morgan fingerprint density at radius 1 is 1.09 bits per heavy atom. The summed E-state index contributed by atoms with van der Waals surface area (Å²) < 4.78 is 30.7. The fourth-order valence-electron chi connectivity index (χ4n) is 2.33. The zero-order chi connectivity index (χ0) is 16.6. The fraction of sp³-hybridized carbons (Fsp3) is 0.118. The number of methoxy groups -OCH3 is 1. The maximum Gasteiger partial charge on any atom is 0.209 e. The normalized spacial score (nSPS) is 11.6. The monoisotopic (exact) mass is 347 g/mol. The highest BCUT2D eigenvalue weighted by atomic mass is 35.5. The second kappa shape index (κ2) is 5.83. The summed E-state index contributed by atoms with van der Waals surface area (Å²) in [7, 11) is -2.23. The Bertz CT molecular complexity index is 983. The molecule has 0 aliphatic carbocycles. The van der Waals surface area contributed by atoms with Gasteiger partial charge >= 0.3 is 0 Å². The number of benzene rings is 2. The molecular weight excluding hydrogens is 334 g/mol. The van der Waals surface area contributed by atoms with Crippen LogP contribution in [0.5, 0.6) is 5.75 Å². The van der Waals surface area contributed by atoms with E-state index in [1.165, 1.54) is 25.4 Å². The largest absolute Gasteiger partial charge is 0.497 e. The Balaban J connectivity index is 2.19. The van der Waals surface area contributed by atoms with Crippen LogP contribution in [-0.2, 0) is 9.84 Å². The summed E-state index contributed by atoms with van der Waals surface area (Å²) in [4.78, 5) is 4.37. The summed E-state index contributed by atoms with van der Waals surface area (Å²) in [5.74, 6) is 0.585. The molecule has 2 aromatic carbocycles. The third-order valence-corrected chi connectivity index (χ3v) is 5.89. The predicted octanol–water partition coefficient (Wildman–Crippen LogP) is 4.04. The molecule has 1 heterocycles. The molecule has 0 fully saturated rings. The molecular formula is C17H14ClNO3S. The molecule has 0 unspecified atom stereocenters. The molecule has 23 heavy (non-hydrogen) atoms. The highest BCUT2D eigenvalue weighted by molar-refractivity contribution is 7.91. The van der Waals surface area contributed by atoms with Crippen molar-refractivity contribution >= 4 is 32.3 Å². The van der Waals surface area contributed by atoms with Gasteiger partial charge in [0.2, 0.25) is 9.84 Å². The molecule has 6 heteroatoms. The molecule has 0 saturated heterocycles. The summed E-state index contributed by atoms with van der Waals surface area (Å²) in [6.07, 6.45) is 1.31. The summed E-state index contributed by atoms with van der Waals surface area (Å²) >= 11 is 6.36. The molecule has 0 atom stereocenters. The van der Waals surface area contributed by atoms with Crippen molar-refractivity contribution in [1.29, 1.82) is 0 Å². The van der Waals surface area contributed by atoms with E-state index in [-0.39, 0.29) is 14.8 Å². The van der Waals surface area contributed by atoms with Gasteiger partial charge in [0, 0.05) is 11.6 Å². The van der Waals surface area contributed by atoms with Crippen LogP contribution in [0.2, 0.25) is 5.02 Å². The van der Waals surface area contributed by atoms with E-state index < -0.39 is 9.84 Å². The van der Waals surface area contributed by atoms with Gasteiger partial charge in [0.05, 0.1) is 22.5 Å². The second-order valence-corrected chi connectivity index (χ2v) is 7.43.